The molecule has 0 aromatic heterocycles. The Morgan fingerprint density at radius 2 is 1.38 bits per heavy atom. The molecule has 472 valence electrons. The first-order valence-electron chi connectivity index (χ1n) is 27.2. The molecule has 0 bridgehead atoms. The van der Waals surface area contributed by atoms with Crippen molar-refractivity contribution in [3.05, 3.63) is 4.91 Å². The molecule has 0 spiro atoms. The zero-order chi connectivity index (χ0) is 60.8. The van der Waals surface area contributed by atoms with Gasteiger partial charge in [0.25, 0.3) is 6.26 Å². The van der Waals surface area contributed by atoms with Crippen LogP contribution in [0.25, 0.3) is 0 Å². The zero-order valence-corrected chi connectivity index (χ0v) is 49.8. The van der Waals surface area contributed by atoms with E-state index in [0.29, 0.717) is 80.6 Å². The minimum atomic E-state index is -0.750. The fourth-order valence-electron chi connectivity index (χ4n) is 7.69. The van der Waals surface area contributed by atoms with E-state index in [9.17, 15) is 24.1 Å². The van der Waals surface area contributed by atoms with Gasteiger partial charge in [0.2, 0.25) is 31.1 Å². The van der Waals surface area contributed by atoms with Gasteiger partial charge in [-0.25, -0.2) is 34.2 Å². The van der Waals surface area contributed by atoms with Crippen molar-refractivity contribution >= 4 is 31.0 Å². The third kappa shape index (κ3) is 66.1. The molecule has 0 radical (unpaired) electrons. The summed E-state index contributed by atoms with van der Waals surface area (Å²) in [7, 11) is 0. The van der Waals surface area contributed by atoms with Gasteiger partial charge in [-0.2, -0.15) is 15.2 Å². The van der Waals surface area contributed by atoms with E-state index in [0.717, 1.165) is 84.5 Å². The summed E-state index contributed by atoms with van der Waals surface area (Å²) in [4.78, 5) is 65.1. The Morgan fingerprint density at radius 3 is 1.75 bits per heavy atom. The highest BCUT2D eigenvalue weighted by Crippen LogP contribution is 2.44. The van der Waals surface area contributed by atoms with E-state index in [1.165, 1.54) is 56.6 Å². The number of nitriles is 1. The first kappa shape index (κ1) is 84.4. The van der Waals surface area contributed by atoms with Crippen molar-refractivity contribution in [2.75, 3.05) is 86.1 Å². The van der Waals surface area contributed by atoms with Crippen LogP contribution in [0.5, 0.6) is 0 Å². The van der Waals surface area contributed by atoms with Gasteiger partial charge in [0.15, 0.2) is 6.29 Å². The van der Waals surface area contributed by atoms with Gasteiger partial charge in [-0.3, -0.25) is 4.99 Å². The van der Waals surface area contributed by atoms with Crippen LogP contribution >= 0.6 is 0 Å². The van der Waals surface area contributed by atoms with Crippen molar-refractivity contribution in [2.24, 2.45) is 75.9 Å². The number of ether oxygens (including phenoxy) is 7. The minimum Gasteiger partial charge on any atom is -0.412 e. The third-order valence-corrected chi connectivity index (χ3v) is 11.2. The van der Waals surface area contributed by atoms with E-state index < -0.39 is 6.79 Å². The number of aliphatic hydroxyl groups is 3. The zero-order valence-electron chi connectivity index (χ0n) is 49.8. The molecule has 26 nitrogen and oxygen atoms in total. The Bertz CT molecular complexity index is 1690. The van der Waals surface area contributed by atoms with E-state index in [1.54, 1.807) is 19.9 Å². The number of nitroso groups, excluding NO2 is 1. The Kier molecular flexibility index (Phi) is 60.9. The summed E-state index contributed by atoms with van der Waals surface area (Å²) in [6.07, 6.45) is 20.8. The minimum absolute atomic E-state index is 0. The van der Waals surface area contributed by atoms with Crippen LogP contribution in [0.15, 0.2) is 30.1 Å². The maximum Gasteiger partial charge on any atom is 0.288 e. The molecule has 0 aromatic carbocycles. The number of epoxide rings is 3. The largest absolute Gasteiger partial charge is 0.412 e. The van der Waals surface area contributed by atoms with E-state index in [4.69, 9.17) is 66.2 Å². The van der Waals surface area contributed by atoms with Crippen molar-refractivity contribution in [1.29, 1.82) is 5.26 Å². The first-order valence-corrected chi connectivity index (χ1v) is 27.2. The molecule has 3 saturated carbocycles. The molecule has 6 rings (SSSR count). The lowest BCUT2D eigenvalue weighted by atomic mass is 9.63. The second-order valence-corrected chi connectivity index (χ2v) is 21.2. The molecule has 6 fully saturated rings. The summed E-state index contributed by atoms with van der Waals surface area (Å²) in [5, 5.41) is 32.8. The highest BCUT2D eigenvalue weighted by molar-refractivity contribution is 5.34. The fourth-order valence-corrected chi connectivity index (χ4v) is 7.69. The van der Waals surface area contributed by atoms with Gasteiger partial charge in [-0.1, -0.05) is 53.1 Å². The van der Waals surface area contributed by atoms with Crippen LogP contribution in [0, 0.1) is 45.0 Å². The van der Waals surface area contributed by atoms with Crippen LogP contribution in [0.2, 0.25) is 0 Å². The van der Waals surface area contributed by atoms with Gasteiger partial charge in [0.1, 0.15) is 32.4 Å². The summed E-state index contributed by atoms with van der Waals surface area (Å²) in [5.41, 5.74) is 18.0. The predicted octanol–water partition coefficient (Wildman–Crippen LogP) is 5.60. The molecule has 11 N–H and O–H groups in total. The quantitative estimate of drug-likeness (QED) is 0.0164. The van der Waals surface area contributed by atoms with Gasteiger partial charge in [-0.05, 0) is 147 Å². The smallest absolute Gasteiger partial charge is 0.288 e. The van der Waals surface area contributed by atoms with Gasteiger partial charge < -0.3 is 71.2 Å². The molecule has 3 heterocycles. The maximum absolute atomic E-state index is 9.94. The summed E-state index contributed by atoms with van der Waals surface area (Å²) in [6, 6.07) is 1.09. The maximum atomic E-state index is 9.94. The summed E-state index contributed by atoms with van der Waals surface area (Å²) >= 11 is 0. The predicted molar refractivity (Wildman–Crippen MR) is 311 cm³/mol. The van der Waals surface area contributed by atoms with Crippen LogP contribution in [0.4, 0.5) is 0 Å². The molecule has 3 aliphatic heterocycles. The molecule has 3 saturated heterocycles. The van der Waals surface area contributed by atoms with Crippen LogP contribution in [-0.4, -0.2) is 187 Å². The van der Waals surface area contributed by atoms with E-state index in [2.05, 4.69) is 69.3 Å². The molecule has 6 aliphatic rings. The Morgan fingerprint density at radius 1 is 0.812 bits per heavy atom. The van der Waals surface area contributed by atoms with Crippen LogP contribution in [0.1, 0.15) is 151 Å². The molecule has 7 atom stereocenters. The van der Waals surface area contributed by atoms with Gasteiger partial charge in [-0.15, -0.1) is 0 Å². The fraction of sp³-hybridized carbons (Fsp3) is 0.889. The Hall–Kier alpha value is -4.44. The standard InChI is InChI=1S/C10H22N2.C8H12N2O2.C8H16N2.C6H10O4.C6H12O2.C5H9NO.C4H7NO.C3H2N2O2.C3H8O.CH4O2.H2O.3H2/c1-9(2)4-8(12)5-10(3,6-9)7-11;11-6-9-8-3-1-7(2-4-8)5-10-12;1-10-8-4-2-3-7(5-8)6-9;1(5-2-8-5)7-4-10-6-3-9-6;1-2-3-7-4-6-5-8-6;1-5(2)3-6-4-7;1-4(2)5-3-6;4-1-7-3-5-2-6;1-3(2)4;2-1-3;;;;/h8H,4-7,11-12H2,1-3H3;7-8H,1-5H2;7-8H,1-6,9H2;5-6H,1-4H2;6H,2-5H2,1H3;5H,3H2,1-2H3;4H,1-2H3;3H2;3-4H,1-2H3;2-3H,1H2;1H2;3*1H. The number of aliphatic imine (C=N–C) groups is 5. The van der Waals surface area contributed by atoms with Gasteiger partial charge in [0, 0.05) is 29.1 Å². The molecular formula is C54H110N10O16. The Balaban J connectivity index is -0.000000127. The first-order chi connectivity index (χ1) is 37.6. The number of isocyanates is 4. The van der Waals surface area contributed by atoms with Crippen LogP contribution in [-0.2, 0) is 52.3 Å². The lowest BCUT2D eigenvalue weighted by Gasteiger charge is -2.45. The molecule has 0 amide bonds. The number of rotatable bonds is 20. The molecule has 80 heavy (non-hydrogen) atoms. The van der Waals surface area contributed by atoms with E-state index in [-0.39, 0.29) is 46.4 Å². The Labute approximate surface area is 480 Å². The highest BCUT2D eigenvalue weighted by atomic mass is 16.8. The molecule has 3 aliphatic carbocycles. The van der Waals surface area contributed by atoms with E-state index >= 15 is 0 Å². The third-order valence-electron chi connectivity index (χ3n) is 11.2. The van der Waals surface area contributed by atoms with E-state index in [1.807, 2.05) is 27.7 Å². The number of aliphatic hydroxyl groups excluding tert-OH is 2. The summed E-state index contributed by atoms with van der Waals surface area (Å²) in [5.74, 6) is 1.60. The number of carbonyl (C=O) groups excluding carboxylic acids is 4. The summed E-state index contributed by atoms with van der Waals surface area (Å²) in [6.45, 7) is 30.3. The second kappa shape index (κ2) is 57.8. The lowest BCUT2D eigenvalue weighted by Crippen LogP contribution is -2.45. The number of hydrogen-bond donors (Lipinski definition) is 6. The van der Waals surface area contributed by atoms with Crippen molar-refractivity contribution in [3.8, 4) is 6.26 Å². The van der Waals surface area contributed by atoms with Crippen molar-refractivity contribution in [2.45, 2.75) is 195 Å². The molecule has 7 unspecified atom stereocenters. The normalized spacial score (nSPS) is 24.3. The van der Waals surface area contributed by atoms with Gasteiger partial charge >= 0.3 is 0 Å². The highest BCUT2D eigenvalue weighted by Gasteiger charge is 2.39. The average Bonchev–Trinajstić information content (AvgIpc) is 4.24. The monoisotopic (exact) mass is 1150 g/mol. The summed E-state index contributed by atoms with van der Waals surface area (Å²) < 4.78 is 33.9. The number of hydrogen-bond acceptors (Lipinski definition) is 25. The van der Waals surface area contributed by atoms with Crippen LogP contribution < -0.4 is 17.2 Å². The second-order valence-electron chi connectivity index (χ2n) is 21.2. The van der Waals surface area contributed by atoms with Crippen molar-refractivity contribution < 1.29 is 77.4 Å². The van der Waals surface area contributed by atoms with Crippen molar-refractivity contribution in [1.82, 2.24) is 0 Å². The lowest BCUT2D eigenvalue weighted by molar-refractivity contribution is -0.0894. The van der Waals surface area contributed by atoms with Gasteiger partial charge in [0.05, 0.1) is 51.6 Å². The molecule has 0 aromatic rings. The number of nitrogens with two attached hydrogens (primary N) is 3. The molecule has 26 heteroatoms. The average molecular weight is 1160 g/mol. The molecular weight excluding hydrogens is 1040 g/mol. The number of nitrogens with zero attached hydrogens (tertiary/aromatic N) is 7. The van der Waals surface area contributed by atoms with Crippen molar-refractivity contribution in [3.63, 3.8) is 0 Å². The van der Waals surface area contributed by atoms with Crippen LogP contribution in [0.3, 0.4) is 0 Å². The topological polar surface area (TPSA) is 428 Å². The SMILES string of the molecule is C(OCC1CO1)OC1CO1.C=NC1CCCC(CN)C1.CC(C)CN=C=O.CC(C)N=C=O.CC(C)O.CC1(C)CC(N)CC(C)(CN)C1.CCCOCC1CO1.N#COCN=C=O.O.O=C=NC1CCC(CN=O)CC1.OCO.[HH].[HH].[HH].